The molecule has 13 heteroatoms. The zero-order valence-electron chi connectivity index (χ0n) is 23.8. The lowest BCUT2D eigenvalue weighted by Gasteiger charge is -2.16. The van der Waals surface area contributed by atoms with Crippen molar-refractivity contribution in [2.45, 2.75) is 26.9 Å². The Bertz CT molecular complexity index is 2150. The van der Waals surface area contributed by atoms with E-state index in [-0.39, 0.29) is 40.7 Å². The second-order valence-electron chi connectivity index (χ2n) is 10.3. The van der Waals surface area contributed by atoms with Crippen LogP contribution in [-0.4, -0.2) is 31.7 Å². The number of allylic oxidation sites excluding steroid dienone is 1. The average Bonchev–Trinajstić information content (AvgIpc) is 3.56. The van der Waals surface area contributed by atoms with Gasteiger partial charge < -0.3 is 15.2 Å². The van der Waals surface area contributed by atoms with Gasteiger partial charge in [0, 0.05) is 23.8 Å². The van der Waals surface area contributed by atoms with Crippen molar-refractivity contribution in [3.05, 3.63) is 127 Å². The first kappa shape index (κ1) is 29.2. The summed E-state index contributed by atoms with van der Waals surface area (Å²) in [6, 6.07) is 15.0. The molecule has 0 spiro atoms. The Morgan fingerprint density at radius 2 is 1.80 bits per heavy atom. The lowest BCUT2D eigenvalue weighted by molar-refractivity contribution is -0.0499. The van der Waals surface area contributed by atoms with Crippen molar-refractivity contribution in [3.8, 4) is 28.6 Å². The van der Waals surface area contributed by atoms with Crippen LogP contribution in [0.5, 0.6) is 17.2 Å². The third-order valence-electron chi connectivity index (χ3n) is 7.32. The van der Waals surface area contributed by atoms with Crippen LogP contribution in [0.3, 0.4) is 0 Å². The summed E-state index contributed by atoms with van der Waals surface area (Å²) in [7, 11) is 0. The summed E-state index contributed by atoms with van der Waals surface area (Å²) < 4.78 is 53.5. The molecule has 10 nitrogen and oxygen atoms in total. The quantitative estimate of drug-likeness (QED) is 0.227. The maximum absolute atomic E-state index is 14.0. The topological polar surface area (TPSA) is 134 Å². The van der Waals surface area contributed by atoms with E-state index in [9.17, 15) is 27.6 Å². The van der Waals surface area contributed by atoms with Crippen molar-refractivity contribution in [3.63, 3.8) is 0 Å². The molecule has 0 bridgehead atoms. The number of H-pyrrole nitrogens is 1. The van der Waals surface area contributed by atoms with E-state index < -0.39 is 29.5 Å². The van der Waals surface area contributed by atoms with Crippen molar-refractivity contribution in [2.75, 3.05) is 5.73 Å². The number of alkyl halides is 2. The van der Waals surface area contributed by atoms with Crippen molar-refractivity contribution in [2.24, 2.45) is 0 Å². The molecule has 5 aromatic rings. The number of nitrogens with one attached hydrogen (secondary N) is 1. The van der Waals surface area contributed by atoms with E-state index in [1.807, 2.05) is 0 Å². The second kappa shape index (κ2) is 11.3. The summed E-state index contributed by atoms with van der Waals surface area (Å²) in [5, 5.41) is 4.32. The number of hydrogen-bond acceptors (Lipinski definition) is 7. The van der Waals surface area contributed by atoms with Crippen LogP contribution in [0.2, 0.25) is 0 Å². The Kier molecular flexibility index (Phi) is 7.36. The number of ketones is 1. The van der Waals surface area contributed by atoms with Crippen LogP contribution in [0, 0.1) is 19.7 Å². The average molecular weight is 616 g/mol. The molecular weight excluding hydrogens is 591 g/mol. The molecule has 1 aliphatic rings. The molecule has 0 aliphatic heterocycles. The number of rotatable bonds is 8. The highest BCUT2D eigenvalue weighted by Gasteiger charge is 2.27. The predicted molar refractivity (Wildman–Crippen MR) is 159 cm³/mol. The number of hydrogen-bond donors (Lipinski definition) is 2. The number of nitrogen functional groups attached to an aromatic ring is 1. The van der Waals surface area contributed by atoms with Gasteiger partial charge in [0.05, 0.1) is 23.1 Å². The number of fused-ring (bicyclic) bond motifs is 1. The van der Waals surface area contributed by atoms with Crippen LogP contribution in [0.4, 0.5) is 19.0 Å². The Morgan fingerprint density at radius 1 is 1.02 bits per heavy atom. The smallest absolute Gasteiger partial charge is 0.387 e. The van der Waals surface area contributed by atoms with E-state index in [0.29, 0.717) is 33.7 Å². The number of nitrogens with zero attached hydrogens (tertiary/aromatic N) is 3. The van der Waals surface area contributed by atoms with Gasteiger partial charge in [0.25, 0.3) is 5.56 Å². The van der Waals surface area contributed by atoms with Crippen LogP contribution in [0.15, 0.2) is 82.0 Å². The second-order valence-corrected chi connectivity index (χ2v) is 10.3. The Labute approximate surface area is 252 Å². The van der Waals surface area contributed by atoms with E-state index >= 15 is 0 Å². The fourth-order valence-electron chi connectivity index (χ4n) is 5.26. The number of nitrogens with two attached hydrogens (primary N) is 1. The van der Waals surface area contributed by atoms with Crippen molar-refractivity contribution in [1.29, 1.82) is 0 Å². The lowest BCUT2D eigenvalue weighted by atomic mass is 10.0. The number of anilines is 1. The first-order valence-corrected chi connectivity index (χ1v) is 13.6. The number of carbonyl (C=O) groups is 1. The van der Waals surface area contributed by atoms with E-state index in [1.54, 1.807) is 43.3 Å². The highest BCUT2D eigenvalue weighted by Crippen LogP contribution is 2.36. The van der Waals surface area contributed by atoms with Crippen LogP contribution in [-0.2, 0) is 6.42 Å². The molecule has 1 aliphatic carbocycles. The number of aromatic amines is 1. The van der Waals surface area contributed by atoms with Gasteiger partial charge in [0.2, 0.25) is 0 Å². The van der Waals surface area contributed by atoms with Gasteiger partial charge in [-0.2, -0.15) is 13.9 Å². The highest BCUT2D eigenvalue weighted by atomic mass is 19.3. The van der Waals surface area contributed by atoms with Gasteiger partial charge in [0.15, 0.2) is 23.1 Å². The maximum Gasteiger partial charge on any atom is 0.387 e. The minimum absolute atomic E-state index is 0.0138. The van der Waals surface area contributed by atoms with Crippen molar-refractivity contribution in [1.82, 2.24) is 19.3 Å². The first-order valence-electron chi connectivity index (χ1n) is 13.6. The summed E-state index contributed by atoms with van der Waals surface area (Å²) in [4.78, 5) is 40.1. The molecule has 6 rings (SSSR count). The van der Waals surface area contributed by atoms with Gasteiger partial charge in [-0.1, -0.05) is 12.1 Å². The van der Waals surface area contributed by atoms with Gasteiger partial charge >= 0.3 is 12.3 Å². The summed E-state index contributed by atoms with van der Waals surface area (Å²) in [6.45, 7) is 0.0740. The Hall–Kier alpha value is -5.85. The molecule has 0 saturated heterocycles. The maximum atomic E-state index is 14.0. The number of ether oxygens (including phenoxy) is 2. The molecule has 3 aromatic carbocycles. The molecule has 0 atom stereocenters. The molecular formula is C32H24F3N5O5. The fraction of sp³-hybridized carbons (Fsp3) is 0.125. The number of para-hydroxylation sites is 1. The minimum Gasteiger partial charge on any atom is -0.454 e. The minimum atomic E-state index is -3.19. The molecule has 45 heavy (non-hydrogen) atoms. The third-order valence-corrected chi connectivity index (χ3v) is 7.32. The van der Waals surface area contributed by atoms with Gasteiger partial charge in [-0.25, -0.2) is 13.9 Å². The van der Waals surface area contributed by atoms with E-state index in [4.69, 9.17) is 15.2 Å². The monoisotopic (exact) mass is 615 g/mol. The molecule has 2 aromatic heterocycles. The summed E-state index contributed by atoms with van der Waals surface area (Å²) in [6.07, 6.45) is 2.99. The number of aryl methyl sites for hydroxylation is 2. The van der Waals surface area contributed by atoms with Gasteiger partial charge in [-0.05, 0) is 79.1 Å². The van der Waals surface area contributed by atoms with Crippen LogP contribution in [0.1, 0.15) is 32.7 Å². The molecule has 3 N–H and O–H groups in total. The van der Waals surface area contributed by atoms with Crippen LogP contribution in [0.25, 0.3) is 17.5 Å². The molecule has 0 amide bonds. The van der Waals surface area contributed by atoms with Crippen molar-refractivity contribution < 1.29 is 27.4 Å². The predicted octanol–water partition coefficient (Wildman–Crippen LogP) is 5.27. The molecule has 0 saturated carbocycles. The van der Waals surface area contributed by atoms with E-state index in [2.05, 4.69) is 10.1 Å². The van der Waals surface area contributed by atoms with Gasteiger partial charge in [-0.15, -0.1) is 0 Å². The number of aromatic nitrogens is 4. The Morgan fingerprint density at radius 3 is 2.51 bits per heavy atom. The number of benzene rings is 3. The summed E-state index contributed by atoms with van der Waals surface area (Å²) in [5.74, 6) is -0.704. The van der Waals surface area contributed by atoms with E-state index in [0.717, 1.165) is 10.6 Å². The van der Waals surface area contributed by atoms with E-state index in [1.165, 1.54) is 42.1 Å². The fourth-order valence-corrected chi connectivity index (χ4v) is 5.26. The lowest BCUT2D eigenvalue weighted by Crippen LogP contribution is -2.30. The number of halogens is 3. The van der Waals surface area contributed by atoms with Crippen LogP contribution >= 0.6 is 0 Å². The third kappa shape index (κ3) is 5.51. The highest BCUT2D eigenvalue weighted by molar-refractivity contribution is 6.15. The zero-order chi connectivity index (χ0) is 32.0. The first-order chi connectivity index (χ1) is 21.5. The number of carbonyl (C=O) groups excluding carboxylic acids is 1. The SMILES string of the molecule is Cc1cc(Oc2ccccc2F)ccc1-n1ncc(C(=O)C2=Cc3cc(OC(F)F)c(-n4c(C)cc(=O)[nH]c4=O)cc3C2)c1N. The molecule has 228 valence electrons. The van der Waals surface area contributed by atoms with Gasteiger partial charge in [-0.3, -0.25) is 19.1 Å². The standard InChI is InChI=1S/C32H24F3N5O5/c1-16-9-21(44-26-6-4-3-5-23(26)33)7-8-24(16)40-30(36)22(15-37-40)29(42)20-11-18-13-25(27(45-31(34)35)14-19(18)12-20)39-17(2)10-28(41)38-32(39)43/h3-10,12-15,31H,11,36H2,1-2H3,(H,38,41,43). The number of Topliss-reactive ketones (excluding diaryl/α,β-unsaturated/α-hetero) is 1. The summed E-state index contributed by atoms with van der Waals surface area (Å²) in [5.41, 5.74) is 7.81. The van der Waals surface area contributed by atoms with Crippen LogP contribution < -0.4 is 26.5 Å². The zero-order valence-corrected chi connectivity index (χ0v) is 23.8. The molecule has 0 unspecified atom stereocenters. The summed E-state index contributed by atoms with van der Waals surface area (Å²) >= 11 is 0. The molecule has 2 heterocycles. The largest absolute Gasteiger partial charge is 0.454 e. The molecule has 0 fully saturated rings. The molecule has 0 radical (unpaired) electrons. The van der Waals surface area contributed by atoms with Crippen molar-refractivity contribution >= 4 is 17.7 Å². The van der Waals surface area contributed by atoms with Gasteiger partial charge in [0.1, 0.15) is 11.6 Å². The normalized spacial score (nSPS) is 12.3. The Balaban J connectivity index is 1.29.